The highest BCUT2D eigenvalue weighted by Gasteiger charge is 2.33. The molecule has 2 amide bonds. The lowest BCUT2D eigenvalue weighted by Crippen LogP contribution is -2.59. The second kappa shape index (κ2) is 4.70. The van der Waals surface area contributed by atoms with E-state index in [1.807, 2.05) is 0 Å². The van der Waals surface area contributed by atoms with Gasteiger partial charge in [-0.2, -0.15) is 0 Å². The molecule has 1 saturated heterocycles. The summed E-state index contributed by atoms with van der Waals surface area (Å²) in [5.41, 5.74) is 0. The van der Waals surface area contributed by atoms with Gasteiger partial charge < -0.3 is 15.7 Å². The molecule has 2 aliphatic rings. The molecule has 7 nitrogen and oxygen atoms in total. The summed E-state index contributed by atoms with van der Waals surface area (Å²) in [6, 6.07) is -0.581. The minimum absolute atomic E-state index is 0.0408. The first-order valence-corrected chi connectivity index (χ1v) is 5.59. The summed E-state index contributed by atoms with van der Waals surface area (Å²) in [5.74, 6) is -1.49. The predicted octanol–water partition coefficient (Wildman–Crippen LogP) is -1.85. The highest BCUT2D eigenvalue weighted by atomic mass is 16.4. The molecule has 17 heavy (non-hydrogen) atoms. The molecule has 1 unspecified atom stereocenters. The lowest BCUT2D eigenvalue weighted by Gasteiger charge is -2.31. The highest BCUT2D eigenvalue weighted by Crippen LogP contribution is 2.18. The van der Waals surface area contributed by atoms with Crippen LogP contribution < -0.4 is 10.6 Å². The minimum Gasteiger partial charge on any atom is -0.480 e. The number of nitrogens with one attached hydrogen (secondary N) is 2. The van der Waals surface area contributed by atoms with Gasteiger partial charge in [0.05, 0.1) is 13.1 Å². The first-order valence-electron chi connectivity index (χ1n) is 5.59. The lowest BCUT2D eigenvalue weighted by molar-refractivity contribution is -0.146. The summed E-state index contributed by atoms with van der Waals surface area (Å²) in [6.07, 6.45) is 1.96. The fraction of sp³-hybridized carbons (Fsp3) is 0.700. The maximum Gasteiger partial charge on any atom is 0.322 e. The fourth-order valence-corrected chi connectivity index (χ4v) is 1.79. The van der Waals surface area contributed by atoms with E-state index in [9.17, 15) is 14.4 Å². The number of carboxylic acids is 1. The zero-order valence-corrected chi connectivity index (χ0v) is 9.31. The van der Waals surface area contributed by atoms with Crippen molar-refractivity contribution in [3.05, 3.63) is 0 Å². The Morgan fingerprint density at radius 1 is 1.47 bits per heavy atom. The summed E-state index contributed by atoms with van der Waals surface area (Å²) in [6.45, 7) is -0.0409. The van der Waals surface area contributed by atoms with E-state index < -0.39 is 12.0 Å². The van der Waals surface area contributed by atoms with Crippen LogP contribution in [0.5, 0.6) is 0 Å². The van der Waals surface area contributed by atoms with Crippen LogP contribution in [0.4, 0.5) is 0 Å². The maximum absolute atomic E-state index is 11.6. The van der Waals surface area contributed by atoms with Crippen molar-refractivity contribution in [2.45, 2.75) is 24.9 Å². The van der Waals surface area contributed by atoms with Crippen LogP contribution in [-0.2, 0) is 14.4 Å². The van der Waals surface area contributed by atoms with Gasteiger partial charge in [0.2, 0.25) is 11.8 Å². The minimum atomic E-state index is -1.02. The van der Waals surface area contributed by atoms with E-state index in [1.54, 1.807) is 0 Å². The number of carbonyl (C=O) groups excluding carboxylic acids is 2. The molecule has 1 atom stereocenters. The van der Waals surface area contributed by atoms with Crippen LogP contribution in [-0.4, -0.2) is 59.5 Å². The van der Waals surface area contributed by atoms with Gasteiger partial charge in [0.1, 0.15) is 6.04 Å². The Labute approximate surface area is 98.2 Å². The van der Waals surface area contributed by atoms with Crippen LogP contribution in [0.15, 0.2) is 0 Å². The second-order valence-electron chi connectivity index (χ2n) is 4.40. The normalized spacial score (nSPS) is 25.2. The predicted molar refractivity (Wildman–Crippen MR) is 57.2 cm³/mol. The Balaban J connectivity index is 1.91. The average Bonchev–Trinajstić information content (AvgIpc) is 3.00. The third kappa shape index (κ3) is 3.16. The van der Waals surface area contributed by atoms with Crippen molar-refractivity contribution >= 4 is 17.8 Å². The van der Waals surface area contributed by atoms with Gasteiger partial charge in [0.25, 0.3) is 0 Å². The number of rotatable bonds is 4. The molecule has 0 aromatic rings. The monoisotopic (exact) mass is 241 g/mol. The van der Waals surface area contributed by atoms with Crippen LogP contribution in [0.2, 0.25) is 0 Å². The Hall–Kier alpha value is -1.63. The number of carboxylic acid groups (broad SMARTS) is 1. The van der Waals surface area contributed by atoms with Crippen molar-refractivity contribution in [3.8, 4) is 0 Å². The molecule has 1 aliphatic carbocycles. The van der Waals surface area contributed by atoms with Crippen molar-refractivity contribution in [2.24, 2.45) is 0 Å². The maximum atomic E-state index is 11.6. The molecular formula is C10H15N3O4. The Morgan fingerprint density at radius 3 is 2.76 bits per heavy atom. The standard InChI is InChI=1S/C10H15N3O4/c14-8-4-13(7(3-11-8)10(16)17)5-9(15)12-6-1-2-6/h6-7H,1-5H2,(H,11,14)(H,12,15)(H,16,17). The lowest BCUT2D eigenvalue weighted by atomic mass is 10.2. The number of amides is 2. The zero-order valence-electron chi connectivity index (χ0n) is 9.31. The van der Waals surface area contributed by atoms with Crippen molar-refractivity contribution in [2.75, 3.05) is 19.6 Å². The van der Waals surface area contributed by atoms with Crippen LogP contribution in [0.25, 0.3) is 0 Å². The number of hydrogen-bond donors (Lipinski definition) is 3. The van der Waals surface area contributed by atoms with Crippen LogP contribution in [0.1, 0.15) is 12.8 Å². The van der Waals surface area contributed by atoms with Gasteiger partial charge in [-0.15, -0.1) is 0 Å². The van der Waals surface area contributed by atoms with Crippen LogP contribution >= 0.6 is 0 Å². The van der Waals surface area contributed by atoms with E-state index in [2.05, 4.69) is 10.6 Å². The molecule has 94 valence electrons. The Morgan fingerprint density at radius 2 is 2.18 bits per heavy atom. The summed E-state index contributed by atoms with van der Waals surface area (Å²) >= 11 is 0. The molecule has 0 bridgehead atoms. The van der Waals surface area contributed by atoms with Gasteiger partial charge in [-0.1, -0.05) is 0 Å². The first-order chi connectivity index (χ1) is 8.06. The van der Waals surface area contributed by atoms with Crippen molar-refractivity contribution in [1.29, 1.82) is 0 Å². The van der Waals surface area contributed by atoms with Crippen molar-refractivity contribution < 1.29 is 19.5 Å². The fourth-order valence-electron chi connectivity index (χ4n) is 1.79. The van der Waals surface area contributed by atoms with E-state index >= 15 is 0 Å². The third-order valence-corrected chi connectivity index (χ3v) is 2.85. The molecule has 1 aliphatic heterocycles. The van der Waals surface area contributed by atoms with E-state index in [0.717, 1.165) is 12.8 Å². The van der Waals surface area contributed by atoms with Crippen molar-refractivity contribution in [3.63, 3.8) is 0 Å². The van der Waals surface area contributed by atoms with E-state index in [4.69, 9.17) is 5.11 Å². The molecule has 2 fully saturated rings. The number of nitrogens with zero attached hydrogens (tertiary/aromatic N) is 1. The first kappa shape index (κ1) is 11.8. The van der Waals surface area contributed by atoms with E-state index in [-0.39, 0.29) is 37.5 Å². The third-order valence-electron chi connectivity index (χ3n) is 2.85. The molecular weight excluding hydrogens is 226 g/mol. The largest absolute Gasteiger partial charge is 0.480 e. The van der Waals surface area contributed by atoms with Crippen LogP contribution in [0, 0.1) is 0 Å². The molecule has 7 heteroatoms. The van der Waals surface area contributed by atoms with E-state index in [1.165, 1.54) is 4.90 Å². The molecule has 0 aromatic carbocycles. The molecule has 0 aromatic heterocycles. The molecule has 2 rings (SSSR count). The number of piperazine rings is 1. The average molecular weight is 241 g/mol. The molecule has 0 radical (unpaired) electrons. The van der Waals surface area contributed by atoms with E-state index in [0.29, 0.717) is 0 Å². The Bertz CT molecular complexity index is 353. The summed E-state index contributed by atoms with van der Waals surface area (Å²) in [4.78, 5) is 35.1. The van der Waals surface area contributed by atoms with Crippen molar-refractivity contribution in [1.82, 2.24) is 15.5 Å². The molecule has 3 N–H and O–H groups in total. The number of aliphatic carboxylic acids is 1. The summed E-state index contributed by atoms with van der Waals surface area (Å²) in [5, 5.41) is 14.2. The molecule has 0 spiro atoms. The SMILES string of the molecule is O=C1CN(CC(=O)NC2CC2)C(C(=O)O)CN1. The van der Waals surface area contributed by atoms with Gasteiger partial charge in [-0.05, 0) is 12.8 Å². The van der Waals surface area contributed by atoms with Crippen LogP contribution in [0.3, 0.4) is 0 Å². The second-order valence-corrected chi connectivity index (χ2v) is 4.40. The molecule has 1 saturated carbocycles. The number of carbonyl (C=O) groups is 3. The quantitative estimate of drug-likeness (QED) is 0.536. The van der Waals surface area contributed by atoms with Gasteiger partial charge in [0, 0.05) is 12.6 Å². The van der Waals surface area contributed by atoms with Gasteiger partial charge >= 0.3 is 5.97 Å². The molecule has 1 heterocycles. The Kier molecular flexibility index (Phi) is 3.28. The summed E-state index contributed by atoms with van der Waals surface area (Å²) < 4.78 is 0. The van der Waals surface area contributed by atoms with Gasteiger partial charge in [-0.3, -0.25) is 19.3 Å². The van der Waals surface area contributed by atoms with Gasteiger partial charge in [-0.25, -0.2) is 0 Å². The van der Waals surface area contributed by atoms with Gasteiger partial charge in [0.15, 0.2) is 0 Å². The smallest absolute Gasteiger partial charge is 0.322 e. The number of hydrogen-bond acceptors (Lipinski definition) is 4. The zero-order chi connectivity index (χ0) is 12.4. The topological polar surface area (TPSA) is 98.7 Å². The summed E-state index contributed by atoms with van der Waals surface area (Å²) in [7, 11) is 0. The highest BCUT2D eigenvalue weighted by molar-refractivity contribution is 5.85.